The molecule has 0 unspecified atom stereocenters. The van der Waals surface area contributed by atoms with Gasteiger partial charge in [-0.1, -0.05) is 0 Å². The molecule has 6 rings (SSSR count). The Morgan fingerprint density at radius 3 is 1.83 bits per heavy atom. The minimum atomic E-state index is -1.50. The first-order valence-electron chi connectivity index (χ1n) is 15.1. The third-order valence-corrected chi connectivity index (χ3v) is 7.62. The second-order valence-corrected chi connectivity index (χ2v) is 11.3. The molecular formula is C33H27F2N11O6. The van der Waals surface area contributed by atoms with Gasteiger partial charge in [-0.05, 0) is 55.6 Å². The molecule has 2 aromatic carbocycles. The lowest BCUT2D eigenvalue weighted by Crippen LogP contribution is -2.38. The topological polar surface area (TPSA) is 222 Å². The second kappa shape index (κ2) is 14.7. The van der Waals surface area contributed by atoms with Gasteiger partial charge >= 0.3 is 11.9 Å². The Hall–Kier alpha value is -7.28. The molecule has 17 nitrogen and oxygen atoms in total. The average molecular weight is 712 g/mol. The van der Waals surface area contributed by atoms with E-state index in [-0.39, 0.29) is 47.0 Å². The molecule has 19 heteroatoms. The molecule has 0 radical (unpaired) electrons. The highest BCUT2D eigenvalue weighted by atomic mass is 19.1. The number of carbonyl (C=O) groups is 4. The highest BCUT2D eigenvalue weighted by Gasteiger charge is 2.23. The Bertz CT molecular complexity index is 2240. The molecule has 1 aliphatic heterocycles. The summed E-state index contributed by atoms with van der Waals surface area (Å²) in [6, 6.07) is 6.68. The molecule has 0 atom stereocenters. The molecule has 4 heterocycles. The number of carboxylic acid groups (broad SMARTS) is 2. The van der Waals surface area contributed by atoms with Crippen LogP contribution in [0.25, 0.3) is 11.6 Å². The lowest BCUT2D eigenvalue weighted by molar-refractivity contribution is -0.113. The van der Waals surface area contributed by atoms with Crippen LogP contribution in [0.4, 0.5) is 20.2 Å². The summed E-state index contributed by atoms with van der Waals surface area (Å²) in [5, 5.41) is 32.2. The van der Waals surface area contributed by atoms with Gasteiger partial charge in [0.25, 0.3) is 11.8 Å². The number of allylic oxidation sites excluding steroid dienone is 2. The van der Waals surface area contributed by atoms with Crippen LogP contribution in [0, 0.1) is 11.6 Å². The number of anilines is 2. The SMILES string of the molecule is CN(Cc1cc(NC(=O)C2=CC=C(n3ccnc3)NN2)c(C(=O)O)cc1F)Cc1cc(NC(=O)c2ccc(-n3ccnc3)nn2)c(C(=O)O)cc1F. The number of benzene rings is 2. The summed E-state index contributed by atoms with van der Waals surface area (Å²) in [5.41, 5.74) is 3.87. The summed E-state index contributed by atoms with van der Waals surface area (Å²) in [4.78, 5) is 59.2. The predicted molar refractivity (Wildman–Crippen MR) is 178 cm³/mol. The number of rotatable bonds is 12. The van der Waals surface area contributed by atoms with Gasteiger partial charge in [0.2, 0.25) is 0 Å². The molecular weight excluding hydrogens is 684 g/mol. The molecule has 1 aliphatic rings. The summed E-state index contributed by atoms with van der Waals surface area (Å²) in [6.45, 7) is -0.404. The van der Waals surface area contributed by atoms with Crippen LogP contribution in [-0.2, 0) is 17.9 Å². The van der Waals surface area contributed by atoms with Crippen molar-refractivity contribution in [1.82, 2.24) is 45.1 Å². The van der Waals surface area contributed by atoms with Gasteiger partial charge in [0, 0.05) is 49.0 Å². The monoisotopic (exact) mass is 711 g/mol. The van der Waals surface area contributed by atoms with Crippen molar-refractivity contribution < 1.29 is 38.2 Å². The number of aromatic carboxylic acids is 2. The number of amides is 2. The Balaban J connectivity index is 1.18. The van der Waals surface area contributed by atoms with Crippen molar-refractivity contribution in [1.29, 1.82) is 0 Å². The minimum Gasteiger partial charge on any atom is -0.478 e. The lowest BCUT2D eigenvalue weighted by atomic mass is 10.1. The van der Waals surface area contributed by atoms with Crippen molar-refractivity contribution >= 4 is 40.9 Å². The second-order valence-electron chi connectivity index (χ2n) is 11.3. The number of nitrogens with zero attached hydrogens (tertiary/aromatic N) is 7. The van der Waals surface area contributed by atoms with Crippen LogP contribution in [0.3, 0.4) is 0 Å². The molecule has 0 saturated heterocycles. The maximum Gasteiger partial charge on any atom is 0.337 e. The molecule has 0 saturated carbocycles. The fourth-order valence-electron chi connectivity index (χ4n) is 5.09. The molecule has 2 amide bonds. The molecule has 0 bridgehead atoms. The van der Waals surface area contributed by atoms with Crippen molar-refractivity contribution in [2.75, 3.05) is 17.7 Å². The van der Waals surface area contributed by atoms with Gasteiger partial charge in [-0.15, -0.1) is 10.2 Å². The summed E-state index contributed by atoms with van der Waals surface area (Å²) in [6.07, 6.45) is 12.5. The van der Waals surface area contributed by atoms with Crippen LogP contribution in [0.1, 0.15) is 42.3 Å². The fourth-order valence-corrected chi connectivity index (χ4v) is 5.09. The third-order valence-electron chi connectivity index (χ3n) is 7.62. The zero-order chi connectivity index (χ0) is 36.9. The van der Waals surface area contributed by atoms with E-state index in [4.69, 9.17) is 0 Å². The number of imidazole rings is 2. The number of nitrogens with one attached hydrogen (secondary N) is 4. The number of hydrogen-bond donors (Lipinski definition) is 6. The number of hydrogen-bond acceptors (Lipinski definition) is 11. The summed E-state index contributed by atoms with van der Waals surface area (Å²) < 4.78 is 33.6. The molecule has 264 valence electrons. The van der Waals surface area contributed by atoms with Crippen LogP contribution in [-0.4, -0.2) is 75.2 Å². The van der Waals surface area contributed by atoms with Gasteiger partial charge in [0.05, 0.1) is 22.5 Å². The van der Waals surface area contributed by atoms with Crippen molar-refractivity contribution in [2.45, 2.75) is 13.1 Å². The van der Waals surface area contributed by atoms with Crippen LogP contribution in [0.2, 0.25) is 0 Å². The average Bonchev–Trinajstić information content (AvgIpc) is 3.87. The highest BCUT2D eigenvalue weighted by Crippen LogP contribution is 2.26. The van der Waals surface area contributed by atoms with Gasteiger partial charge in [-0.3, -0.25) is 34.5 Å². The summed E-state index contributed by atoms with van der Waals surface area (Å²) >= 11 is 0. The van der Waals surface area contributed by atoms with Crippen molar-refractivity contribution in [3.8, 4) is 5.82 Å². The van der Waals surface area contributed by atoms with E-state index in [2.05, 4.69) is 41.7 Å². The Morgan fingerprint density at radius 2 is 1.35 bits per heavy atom. The minimum absolute atomic E-state index is 0.0323. The highest BCUT2D eigenvalue weighted by molar-refractivity contribution is 6.08. The molecule has 0 fully saturated rings. The maximum absolute atomic E-state index is 15.2. The zero-order valence-electron chi connectivity index (χ0n) is 26.9. The van der Waals surface area contributed by atoms with Crippen molar-refractivity contribution in [3.63, 3.8) is 0 Å². The Labute approximate surface area is 291 Å². The van der Waals surface area contributed by atoms with Gasteiger partial charge in [-0.25, -0.2) is 28.3 Å². The number of carboxylic acids is 2. The third kappa shape index (κ3) is 7.63. The van der Waals surface area contributed by atoms with Crippen LogP contribution >= 0.6 is 0 Å². The molecule has 0 aliphatic carbocycles. The Morgan fingerprint density at radius 1 is 0.769 bits per heavy atom. The Kier molecular flexibility index (Phi) is 9.76. The van der Waals surface area contributed by atoms with Crippen molar-refractivity contribution in [3.05, 3.63) is 131 Å². The number of carbonyl (C=O) groups excluding carboxylic acids is 2. The molecule has 52 heavy (non-hydrogen) atoms. The smallest absolute Gasteiger partial charge is 0.337 e. The van der Waals surface area contributed by atoms with E-state index in [1.54, 1.807) is 33.8 Å². The first kappa shape index (κ1) is 34.6. The fraction of sp³-hybridized carbons (Fsp3) is 0.0909. The number of halogens is 2. The standard InChI is InChI=1S/C33H27F2N11O6/c1-44(14-18-10-26(20(32(49)50)12-22(18)34)38-30(47)24-2-4-28(42-40-24)45-8-6-36-16-45)15-19-11-27(21(33(51)52)13-23(19)35)39-31(48)25-3-5-29(43-41-25)46-9-7-37-17-46/h2-13,16-17,40,42H,14-15H2,1H3,(H,38,47)(H,39,48)(H,49,50)(H,51,52). The van der Waals surface area contributed by atoms with E-state index in [0.29, 0.717) is 11.6 Å². The van der Waals surface area contributed by atoms with E-state index in [1.165, 1.54) is 49.0 Å². The lowest BCUT2D eigenvalue weighted by Gasteiger charge is -2.21. The maximum atomic E-state index is 15.2. The molecule has 6 N–H and O–H groups in total. The van der Waals surface area contributed by atoms with Gasteiger partial charge in [-0.2, -0.15) is 0 Å². The van der Waals surface area contributed by atoms with Gasteiger partial charge in [0.15, 0.2) is 11.5 Å². The van der Waals surface area contributed by atoms with E-state index in [0.717, 1.165) is 24.3 Å². The number of aromatic nitrogens is 6. The van der Waals surface area contributed by atoms with Gasteiger partial charge in [0.1, 0.15) is 35.8 Å². The molecule has 0 spiro atoms. The zero-order valence-corrected chi connectivity index (χ0v) is 26.9. The van der Waals surface area contributed by atoms with E-state index in [9.17, 15) is 29.4 Å². The number of hydrazine groups is 1. The van der Waals surface area contributed by atoms with Crippen LogP contribution in [0.15, 0.2) is 91.7 Å². The van der Waals surface area contributed by atoms with E-state index >= 15 is 8.78 Å². The van der Waals surface area contributed by atoms with E-state index in [1.807, 2.05) is 0 Å². The van der Waals surface area contributed by atoms with Crippen LogP contribution < -0.4 is 21.5 Å². The predicted octanol–water partition coefficient (Wildman–Crippen LogP) is 2.85. The largest absolute Gasteiger partial charge is 0.478 e. The normalized spacial score (nSPS) is 12.3. The van der Waals surface area contributed by atoms with Crippen molar-refractivity contribution in [2.24, 2.45) is 0 Å². The van der Waals surface area contributed by atoms with E-state index < -0.39 is 46.5 Å². The first-order valence-corrected chi connectivity index (χ1v) is 15.1. The quantitative estimate of drug-likeness (QED) is 0.110. The van der Waals surface area contributed by atoms with Gasteiger partial charge < -0.3 is 20.8 Å². The summed E-state index contributed by atoms with van der Waals surface area (Å²) in [5.74, 6) is -5.40. The molecule has 3 aromatic heterocycles. The van der Waals surface area contributed by atoms with Crippen LogP contribution in [0.5, 0.6) is 0 Å². The summed E-state index contributed by atoms with van der Waals surface area (Å²) in [7, 11) is 1.51. The molecule has 5 aromatic rings. The first-order chi connectivity index (χ1) is 25.0.